The number of rotatable bonds is 4. The Bertz CT molecular complexity index is 455. The average Bonchev–Trinajstić information content (AvgIpc) is 2.49. The lowest BCUT2D eigenvalue weighted by atomic mass is 9.99. The van der Waals surface area contributed by atoms with Gasteiger partial charge in [-0.1, -0.05) is 12.1 Å². The number of hydrogen-bond donors (Lipinski definition) is 2. The Kier molecular flexibility index (Phi) is 4.93. The first-order chi connectivity index (χ1) is 9.29. The first-order valence-electron chi connectivity index (χ1n) is 6.77. The standard InChI is InChI=1S/C15H19N3O/c16-10-13-5-3-12(4-6-13)7-9-18-15(19)14-2-1-8-17-11-14/h3-6,14,17H,1-2,7-9,11H2,(H,18,19)/t14-/m1/s1. The summed E-state index contributed by atoms with van der Waals surface area (Å²) in [6.45, 7) is 2.47. The van der Waals surface area contributed by atoms with E-state index in [0.29, 0.717) is 12.1 Å². The van der Waals surface area contributed by atoms with E-state index in [2.05, 4.69) is 16.7 Å². The lowest BCUT2D eigenvalue weighted by Crippen LogP contribution is -2.41. The highest BCUT2D eigenvalue weighted by Crippen LogP contribution is 2.09. The van der Waals surface area contributed by atoms with Gasteiger partial charge in [0.2, 0.25) is 5.91 Å². The number of nitrogens with one attached hydrogen (secondary N) is 2. The summed E-state index contributed by atoms with van der Waals surface area (Å²) >= 11 is 0. The second-order valence-electron chi connectivity index (χ2n) is 4.89. The molecule has 4 nitrogen and oxygen atoms in total. The highest BCUT2D eigenvalue weighted by molar-refractivity contribution is 5.78. The Morgan fingerprint density at radius 2 is 2.21 bits per heavy atom. The van der Waals surface area contributed by atoms with Crippen LogP contribution in [0, 0.1) is 17.2 Å². The van der Waals surface area contributed by atoms with Gasteiger partial charge in [-0.05, 0) is 43.5 Å². The Labute approximate surface area is 113 Å². The molecular formula is C15H19N3O. The highest BCUT2D eigenvalue weighted by Gasteiger charge is 2.19. The number of amides is 1. The minimum atomic E-state index is 0.120. The highest BCUT2D eigenvalue weighted by atomic mass is 16.1. The van der Waals surface area contributed by atoms with Gasteiger partial charge >= 0.3 is 0 Å². The second-order valence-corrected chi connectivity index (χ2v) is 4.89. The molecule has 4 heteroatoms. The molecule has 2 rings (SSSR count). The van der Waals surface area contributed by atoms with Gasteiger partial charge in [0.15, 0.2) is 0 Å². The minimum Gasteiger partial charge on any atom is -0.355 e. The van der Waals surface area contributed by atoms with E-state index in [-0.39, 0.29) is 11.8 Å². The van der Waals surface area contributed by atoms with E-state index >= 15 is 0 Å². The normalized spacial score (nSPS) is 18.6. The molecule has 1 heterocycles. The van der Waals surface area contributed by atoms with Gasteiger partial charge in [-0.15, -0.1) is 0 Å². The van der Waals surface area contributed by atoms with Crippen LogP contribution >= 0.6 is 0 Å². The van der Waals surface area contributed by atoms with Gasteiger partial charge in [0.05, 0.1) is 17.6 Å². The van der Waals surface area contributed by atoms with E-state index in [4.69, 9.17) is 5.26 Å². The van der Waals surface area contributed by atoms with Crippen LogP contribution < -0.4 is 10.6 Å². The summed E-state index contributed by atoms with van der Waals surface area (Å²) in [4.78, 5) is 11.9. The predicted octanol–water partition coefficient (Wildman–Crippen LogP) is 1.22. The van der Waals surface area contributed by atoms with Crippen molar-refractivity contribution in [3.8, 4) is 6.07 Å². The van der Waals surface area contributed by atoms with Crippen LogP contribution in [-0.4, -0.2) is 25.5 Å². The molecule has 1 aromatic carbocycles. The molecule has 0 bridgehead atoms. The average molecular weight is 257 g/mol. The van der Waals surface area contributed by atoms with Gasteiger partial charge in [-0.3, -0.25) is 4.79 Å². The van der Waals surface area contributed by atoms with Gasteiger partial charge in [0, 0.05) is 13.1 Å². The van der Waals surface area contributed by atoms with Crippen LogP contribution in [0.15, 0.2) is 24.3 Å². The largest absolute Gasteiger partial charge is 0.355 e. The molecule has 2 N–H and O–H groups in total. The molecule has 19 heavy (non-hydrogen) atoms. The molecule has 1 aromatic rings. The van der Waals surface area contributed by atoms with Gasteiger partial charge in [-0.2, -0.15) is 5.26 Å². The lowest BCUT2D eigenvalue weighted by molar-refractivity contribution is -0.125. The van der Waals surface area contributed by atoms with Gasteiger partial charge in [0.25, 0.3) is 0 Å². The third-order valence-corrected chi connectivity index (χ3v) is 3.46. The van der Waals surface area contributed by atoms with Crippen LogP contribution in [0.4, 0.5) is 0 Å². The maximum atomic E-state index is 11.9. The molecule has 1 aliphatic heterocycles. The molecule has 1 fully saturated rings. The number of piperidine rings is 1. The van der Waals surface area contributed by atoms with Crippen molar-refractivity contribution in [1.82, 2.24) is 10.6 Å². The van der Waals surface area contributed by atoms with Gasteiger partial charge < -0.3 is 10.6 Å². The van der Waals surface area contributed by atoms with E-state index in [1.165, 1.54) is 0 Å². The molecule has 0 saturated carbocycles. The number of nitrogens with zero attached hydrogens (tertiary/aromatic N) is 1. The topological polar surface area (TPSA) is 64.9 Å². The molecule has 0 aromatic heterocycles. The van der Waals surface area contributed by atoms with Crippen LogP contribution in [0.5, 0.6) is 0 Å². The molecule has 0 aliphatic carbocycles. The lowest BCUT2D eigenvalue weighted by Gasteiger charge is -2.21. The zero-order chi connectivity index (χ0) is 13.5. The Morgan fingerprint density at radius 3 is 2.84 bits per heavy atom. The summed E-state index contributed by atoms with van der Waals surface area (Å²) in [5.74, 6) is 0.274. The summed E-state index contributed by atoms with van der Waals surface area (Å²) in [7, 11) is 0. The van der Waals surface area contributed by atoms with Crippen molar-refractivity contribution in [2.75, 3.05) is 19.6 Å². The van der Waals surface area contributed by atoms with Crippen LogP contribution in [0.25, 0.3) is 0 Å². The Hall–Kier alpha value is -1.86. The van der Waals surface area contributed by atoms with Crippen LogP contribution in [0.1, 0.15) is 24.0 Å². The van der Waals surface area contributed by atoms with Crippen molar-refractivity contribution < 1.29 is 4.79 Å². The van der Waals surface area contributed by atoms with Crippen molar-refractivity contribution in [2.24, 2.45) is 5.92 Å². The molecule has 1 atom stereocenters. The molecule has 1 saturated heterocycles. The fourth-order valence-electron chi connectivity index (χ4n) is 2.30. The number of nitriles is 1. The third-order valence-electron chi connectivity index (χ3n) is 3.46. The van der Waals surface area contributed by atoms with Gasteiger partial charge in [-0.25, -0.2) is 0 Å². The van der Waals surface area contributed by atoms with E-state index in [1.54, 1.807) is 0 Å². The summed E-state index contributed by atoms with van der Waals surface area (Å²) in [6.07, 6.45) is 2.86. The van der Waals surface area contributed by atoms with E-state index in [0.717, 1.165) is 37.9 Å². The molecule has 0 unspecified atom stereocenters. The summed E-state index contributed by atoms with van der Waals surface area (Å²) < 4.78 is 0. The van der Waals surface area contributed by atoms with Crippen molar-refractivity contribution in [2.45, 2.75) is 19.3 Å². The number of carbonyl (C=O) groups is 1. The third kappa shape index (κ3) is 4.08. The summed E-state index contributed by atoms with van der Waals surface area (Å²) in [5, 5.41) is 14.9. The fourth-order valence-corrected chi connectivity index (χ4v) is 2.30. The molecule has 1 amide bonds. The van der Waals surface area contributed by atoms with Crippen molar-refractivity contribution in [3.63, 3.8) is 0 Å². The zero-order valence-corrected chi connectivity index (χ0v) is 11.0. The van der Waals surface area contributed by atoms with Crippen LogP contribution in [-0.2, 0) is 11.2 Å². The summed E-state index contributed by atoms with van der Waals surface area (Å²) in [5.41, 5.74) is 1.81. The van der Waals surface area contributed by atoms with E-state index < -0.39 is 0 Å². The minimum absolute atomic E-state index is 0.120. The molecule has 1 aliphatic rings. The fraction of sp³-hybridized carbons (Fsp3) is 0.467. The van der Waals surface area contributed by atoms with E-state index in [1.807, 2.05) is 24.3 Å². The number of hydrogen-bond acceptors (Lipinski definition) is 3. The van der Waals surface area contributed by atoms with Crippen LogP contribution in [0.2, 0.25) is 0 Å². The molecule has 100 valence electrons. The zero-order valence-electron chi connectivity index (χ0n) is 11.0. The van der Waals surface area contributed by atoms with Gasteiger partial charge in [0.1, 0.15) is 0 Å². The Balaban J connectivity index is 1.73. The first-order valence-corrected chi connectivity index (χ1v) is 6.77. The second kappa shape index (κ2) is 6.91. The SMILES string of the molecule is N#Cc1ccc(CCNC(=O)[C@@H]2CCCNC2)cc1. The number of carbonyl (C=O) groups excluding carboxylic acids is 1. The van der Waals surface area contributed by atoms with Crippen molar-refractivity contribution in [3.05, 3.63) is 35.4 Å². The van der Waals surface area contributed by atoms with Crippen LogP contribution in [0.3, 0.4) is 0 Å². The predicted molar refractivity (Wildman–Crippen MR) is 73.5 cm³/mol. The molecular weight excluding hydrogens is 238 g/mol. The maximum absolute atomic E-state index is 11.9. The Morgan fingerprint density at radius 1 is 1.42 bits per heavy atom. The van der Waals surface area contributed by atoms with Crippen molar-refractivity contribution >= 4 is 5.91 Å². The smallest absolute Gasteiger partial charge is 0.224 e. The maximum Gasteiger partial charge on any atom is 0.224 e. The van der Waals surface area contributed by atoms with Crippen molar-refractivity contribution in [1.29, 1.82) is 5.26 Å². The first kappa shape index (κ1) is 13.6. The molecule has 0 radical (unpaired) electrons. The number of benzene rings is 1. The molecule has 0 spiro atoms. The van der Waals surface area contributed by atoms with E-state index in [9.17, 15) is 4.79 Å². The monoisotopic (exact) mass is 257 g/mol. The summed E-state index contributed by atoms with van der Waals surface area (Å²) in [6, 6.07) is 9.59. The quantitative estimate of drug-likeness (QED) is 0.852.